The summed E-state index contributed by atoms with van der Waals surface area (Å²) in [6.07, 6.45) is 0.932. The number of methoxy groups -OCH3 is 1. The molecule has 0 amide bonds. The van der Waals surface area contributed by atoms with Crippen molar-refractivity contribution in [1.82, 2.24) is 5.32 Å². The van der Waals surface area contributed by atoms with Gasteiger partial charge >= 0.3 is 0 Å². The molecule has 1 fully saturated rings. The van der Waals surface area contributed by atoms with E-state index in [2.05, 4.69) is 5.32 Å². The number of rotatable bonds is 2. The van der Waals surface area contributed by atoms with Crippen molar-refractivity contribution < 1.29 is 13.5 Å². The lowest BCUT2D eigenvalue weighted by Crippen LogP contribution is -2.09. The van der Waals surface area contributed by atoms with Crippen molar-refractivity contribution in [3.05, 3.63) is 29.3 Å². The van der Waals surface area contributed by atoms with Crippen LogP contribution in [0.15, 0.2) is 12.1 Å². The van der Waals surface area contributed by atoms with Gasteiger partial charge in [0.05, 0.1) is 7.11 Å². The van der Waals surface area contributed by atoms with E-state index in [1.54, 1.807) is 6.07 Å². The molecule has 0 aromatic heterocycles. The van der Waals surface area contributed by atoms with Crippen LogP contribution >= 0.6 is 0 Å². The summed E-state index contributed by atoms with van der Waals surface area (Å²) in [5.41, 5.74) is 0.751. The normalized spacial score (nSPS) is 20.6. The van der Waals surface area contributed by atoms with E-state index < -0.39 is 11.6 Å². The zero-order valence-corrected chi connectivity index (χ0v) is 8.52. The molecular formula is C11H13F2NO. The summed E-state index contributed by atoms with van der Waals surface area (Å²) in [5, 5.41) is 3.18. The Hall–Kier alpha value is -1.16. The monoisotopic (exact) mass is 213 g/mol. The van der Waals surface area contributed by atoms with Crippen molar-refractivity contribution in [3.8, 4) is 5.75 Å². The molecule has 4 heteroatoms. The van der Waals surface area contributed by atoms with Crippen molar-refractivity contribution in [1.29, 1.82) is 0 Å². The molecule has 2 nitrogen and oxygen atoms in total. The van der Waals surface area contributed by atoms with E-state index >= 15 is 0 Å². The minimum atomic E-state index is -0.887. The largest absolute Gasteiger partial charge is 0.493 e. The number of hydrogen-bond acceptors (Lipinski definition) is 2. The van der Waals surface area contributed by atoms with Gasteiger partial charge in [0.1, 0.15) is 0 Å². The first-order valence-corrected chi connectivity index (χ1v) is 4.96. The number of halogens is 2. The van der Waals surface area contributed by atoms with Crippen LogP contribution in [0.25, 0.3) is 0 Å². The highest BCUT2D eigenvalue weighted by molar-refractivity contribution is 5.39. The predicted molar refractivity (Wildman–Crippen MR) is 53.1 cm³/mol. The minimum Gasteiger partial charge on any atom is -0.493 e. The second-order valence-electron chi connectivity index (χ2n) is 3.67. The first kappa shape index (κ1) is 10.4. The van der Waals surface area contributed by atoms with Gasteiger partial charge in [-0.2, -0.15) is 4.39 Å². The Morgan fingerprint density at radius 1 is 1.40 bits per heavy atom. The molecule has 0 radical (unpaired) electrons. The highest BCUT2D eigenvalue weighted by atomic mass is 19.2. The first-order chi connectivity index (χ1) is 7.24. The van der Waals surface area contributed by atoms with E-state index in [0.717, 1.165) is 31.1 Å². The zero-order valence-electron chi connectivity index (χ0n) is 8.52. The quantitative estimate of drug-likeness (QED) is 0.811. The van der Waals surface area contributed by atoms with Crippen molar-refractivity contribution in [2.75, 3.05) is 20.2 Å². The van der Waals surface area contributed by atoms with Gasteiger partial charge in [-0.3, -0.25) is 0 Å². The number of ether oxygens (including phenoxy) is 1. The molecule has 1 unspecified atom stereocenters. The van der Waals surface area contributed by atoms with E-state index in [9.17, 15) is 8.78 Å². The molecule has 1 saturated heterocycles. The van der Waals surface area contributed by atoms with E-state index in [-0.39, 0.29) is 11.7 Å². The van der Waals surface area contributed by atoms with Gasteiger partial charge in [0.2, 0.25) is 5.82 Å². The van der Waals surface area contributed by atoms with Crippen LogP contribution in [0, 0.1) is 11.6 Å². The molecule has 15 heavy (non-hydrogen) atoms. The highest BCUT2D eigenvalue weighted by Crippen LogP contribution is 2.33. The van der Waals surface area contributed by atoms with Crippen molar-refractivity contribution in [3.63, 3.8) is 0 Å². The summed E-state index contributed by atoms with van der Waals surface area (Å²) >= 11 is 0. The zero-order chi connectivity index (χ0) is 10.8. The van der Waals surface area contributed by atoms with Gasteiger partial charge in [-0.15, -0.1) is 0 Å². The SMILES string of the molecule is COc1c(C2CCNC2)ccc(F)c1F. The third-order valence-corrected chi connectivity index (χ3v) is 2.78. The number of benzene rings is 1. The molecule has 1 aliphatic rings. The molecule has 0 saturated carbocycles. The van der Waals surface area contributed by atoms with Crippen LogP contribution in [0.1, 0.15) is 17.9 Å². The van der Waals surface area contributed by atoms with Crippen molar-refractivity contribution >= 4 is 0 Å². The molecular weight excluding hydrogens is 200 g/mol. The maximum atomic E-state index is 13.4. The van der Waals surface area contributed by atoms with Gasteiger partial charge in [0, 0.05) is 18.0 Å². The number of hydrogen-bond donors (Lipinski definition) is 1. The second-order valence-corrected chi connectivity index (χ2v) is 3.67. The Kier molecular flexibility index (Phi) is 2.86. The fourth-order valence-corrected chi connectivity index (χ4v) is 2.00. The molecule has 82 valence electrons. The van der Waals surface area contributed by atoms with Crippen LogP contribution < -0.4 is 10.1 Å². The van der Waals surface area contributed by atoms with Crippen LogP contribution in [0.2, 0.25) is 0 Å². The highest BCUT2D eigenvalue weighted by Gasteiger charge is 2.23. The summed E-state index contributed by atoms with van der Waals surface area (Å²) < 4.78 is 31.3. The van der Waals surface area contributed by atoms with Crippen LogP contribution in [-0.4, -0.2) is 20.2 Å². The van der Waals surface area contributed by atoms with Gasteiger partial charge in [-0.1, -0.05) is 6.07 Å². The fraction of sp³-hybridized carbons (Fsp3) is 0.455. The van der Waals surface area contributed by atoms with Gasteiger partial charge in [0.15, 0.2) is 11.6 Å². The Labute approximate surface area is 87.2 Å². The molecule has 1 aromatic carbocycles. The maximum absolute atomic E-state index is 13.4. The Bertz CT molecular complexity index is 362. The molecule has 0 aliphatic carbocycles. The molecule has 2 rings (SSSR count). The van der Waals surface area contributed by atoms with Gasteiger partial charge in [-0.05, 0) is 19.0 Å². The molecule has 1 aliphatic heterocycles. The van der Waals surface area contributed by atoms with Crippen LogP contribution in [-0.2, 0) is 0 Å². The number of nitrogens with one attached hydrogen (secondary N) is 1. The third-order valence-electron chi connectivity index (χ3n) is 2.78. The Balaban J connectivity index is 2.41. The summed E-state index contributed by atoms with van der Waals surface area (Å²) in [6.45, 7) is 1.70. The average Bonchev–Trinajstić information content (AvgIpc) is 2.75. The van der Waals surface area contributed by atoms with E-state index in [0.29, 0.717) is 0 Å². The minimum absolute atomic E-state index is 0.0451. The summed E-state index contributed by atoms with van der Waals surface area (Å²) in [6, 6.07) is 2.76. The molecule has 1 N–H and O–H groups in total. The average molecular weight is 213 g/mol. The summed E-state index contributed by atoms with van der Waals surface area (Å²) in [4.78, 5) is 0. The van der Waals surface area contributed by atoms with Crippen LogP contribution in [0.5, 0.6) is 5.75 Å². The standard InChI is InChI=1S/C11H13F2NO/c1-15-11-8(7-4-5-14-6-7)2-3-9(12)10(11)13/h2-3,7,14H,4-6H2,1H3. The fourth-order valence-electron chi connectivity index (χ4n) is 2.00. The molecule has 0 spiro atoms. The molecule has 1 heterocycles. The van der Waals surface area contributed by atoms with Gasteiger partial charge in [0.25, 0.3) is 0 Å². The van der Waals surface area contributed by atoms with Crippen LogP contribution in [0.4, 0.5) is 8.78 Å². The second kappa shape index (κ2) is 4.14. The van der Waals surface area contributed by atoms with Crippen molar-refractivity contribution in [2.24, 2.45) is 0 Å². The predicted octanol–water partition coefficient (Wildman–Crippen LogP) is 2.05. The molecule has 0 bridgehead atoms. The van der Waals surface area contributed by atoms with E-state index in [4.69, 9.17) is 4.74 Å². The molecule has 1 atom stereocenters. The first-order valence-electron chi connectivity index (χ1n) is 4.96. The topological polar surface area (TPSA) is 21.3 Å². The third kappa shape index (κ3) is 1.81. The van der Waals surface area contributed by atoms with Gasteiger partial charge < -0.3 is 10.1 Å². The Morgan fingerprint density at radius 2 is 2.20 bits per heavy atom. The maximum Gasteiger partial charge on any atom is 0.200 e. The summed E-state index contributed by atoms with van der Waals surface area (Å²) in [7, 11) is 1.36. The molecule has 1 aromatic rings. The lowest BCUT2D eigenvalue weighted by atomic mass is 9.97. The summed E-state index contributed by atoms with van der Waals surface area (Å²) in [5.74, 6) is -1.48. The van der Waals surface area contributed by atoms with E-state index in [1.807, 2.05) is 0 Å². The lowest BCUT2D eigenvalue weighted by Gasteiger charge is -2.14. The lowest BCUT2D eigenvalue weighted by molar-refractivity contribution is 0.364. The van der Waals surface area contributed by atoms with Crippen LogP contribution in [0.3, 0.4) is 0 Å². The van der Waals surface area contributed by atoms with E-state index in [1.165, 1.54) is 7.11 Å². The van der Waals surface area contributed by atoms with Crippen molar-refractivity contribution in [2.45, 2.75) is 12.3 Å². The smallest absolute Gasteiger partial charge is 0.200 e. The Morgan fingerprint density at radius 3 is 2.80 bits per heavy atom. The van der Waals surface area contributed by atoms with Gasteiger partial charge in [-0.25, -0.2) is 4.39 Å².